The number of hydrogen-bond donors (Lipinski definition) is 2. The molecule has 1 amide bonds. The average Bonchev–Trinajstić information content (AvgIpc) is 2.71. The quantitative estimate of drug-likeness (QED) is 0.152. The molecule has 0 saturated heterocycles. The van der Waals surface area contributed by atoms with Crippen LogP contribution in [0.25, 0.3) is 12.2 Å². The van der Waals surface area contributed by atoms with Gasteiger partial charge in [0.15, 0.2) is 0 Å². The number of hydrogen-bond acceptors (Lipinski definition) is 10. The van der Waals surface area contributed by atoms with Gasteiger partial charge in [-0.2, -0.15) is 12.7 Å². The molecule has 2 aromatic rings. The topological polar surface area (TPSA) is 202 Å². The third kappa shape index (κ3) is 10.7. The summed E-state index contributed by atoms with van der Waals surface area (Å²) in [6, 6.07) is 6.53. The number of anilines is 2. The van der Waals surface area contributed by atoms with E-state index >= 15 is 0 Å². The fraction of sp³-hybridized carbons (Fsp3) is 0.211. The first kappa shape index (κ1) is 36.1. The summed E-state index contributed by atoms with van der Waals surface area (Å²) in [7, 11) is -10.4. The smallest absolute Gasteiger partial charge is 0.744 e. The van der Waals surface area contributed by atoms with Gasteiger partial charge in [-0.25, -0.2) is 16.8 Å². The second kappa shape index (κ2) is 14.5. The fourth-order valence-corrected chi connectivity index (χ4v) is 4.67. The molecule has 0 radical (unpaired) electrons. The van der Waals surface area contributed by atoms with Crippen LogP contribution in [0.15, 0.2) is 46.2 Å². The van der Waals surface area contributed by atoms with E-state index in [0.717, 1.165) is 34.7 Å². The van der Waals surface area contributed by atoms with Crippen molar-refractivity contribution in [2.45, 2.75) is 9.79 Å². The molecule has 2 N–H and O–H groups in total. The van der Waals surface area contributed by atoms with E-state index in [1.807, 2.05) is 0 Å². The Balaban J connectivity index is 0.00000648. The van der Waals surface area contributed by atoms with Crippen molar-refractivity contribution in [3.05, 3.63) is 47.5 Å². The molecule has 0 aliphatic carbocycles. The molecule has 37 heavy (non-hydrogen) atoms. The first-order valence-electron chi connectivity index (χ1n) is 9.41. The Morgan fingerprint density at radius 2 is 1.30 bits per heavy atom. The molecule has 0 spiro atoms. The molecule has 0 aliphatic rings. The molecule has 0 heterocycles. The monoisotopic (exact) mass is 593 g/mol. The molecule has 192 valence electrons. The number of nitrogens with one attached hydrogen (secondary N) is 2. The minimum absolute atomic E-state index is 0. The maximum absolute atomic E-state index is 12.0. The molecule has 2 aromatic carbocycles. The van der Waals surface area contributed by atoms with Gasteiger partial charge >= 0.3 is 69.3 Å². The van der Waals surface area contributed by atoms with Crippen molar-refractivity contribution in [1.29, 1.82) is 0 Å². The van der Waals surface area contributed by atoms with E-state index in [1.54, 1.807) is 0 Å². The predicted molar refractivity (Wildman–Crippen MR) is 124 cm³/mol. The third-order valence-corrected chi connectivity index (χ3v) is 7.53. The Kier molecular flexibility index (Phi) is 14.2. The number of amides is 1. The molecular weight excluding hydrogens is 572 g/mol. The number of benzene rings is 2. The predicted octanol–water partition coefficient (Wildman–Crippen LogP) is -5.52. The van der Waals surface area contributed by atoms with Crippen LogP contribution in [0, 0.1) is 0 Å². The van der Waals surface area contributed by atoms with Crippen LogP contribution in [0.1, 0.15) is 11.1 Å². The van der Waals surface area contributed by atoms with Gasteiger partial charge in [0.25, 0.3) is 0 Å². The molecule has 0 fully saturated rings. The average molecular weight is 594 g/mol. The third-order valence-electron chi connectivity index (χ3n) is 4.29. The van der Waals surface area contributed by atoms with Crippen LogP contribution >= 0.6 is 0 Å². The van der Waals surface area contributed by atoms with Crippen LogP contribution in [0.2, 0.25) is 0 Å². The summed E-state index contributed by atoms with van der Waals surface area (Å²) >= 11 is 0. The molecule has 2 rings (SSSR count). The zero-order chi connectivity index (χ0) is 26.6. The van der Waals surface area contributed by atoms with Gasteiger partial charge in [-0.05, 0) is 35.4 Å². The van der Waals surface area contributed by atoms with E-state index in [-0.39, 0.29) is 88.2 Å². The van der Waals surface area contributed by atoms with Gasteiger partial charge in [0, 0.05) is 26.9 Å². The molecule has 18 heteroatoms. The summed E-state index contributed by atoms with van der Waals surface area (Å²) < 4.78 is 102. The summed E-state index contributed by atoms with van der Waals surface area (Å²) in [6.07, 6.45) is 2.15. The molecule has 0 atom stereocenters. The molecule has 0 aromatic heterocycles. The molecule has 13 nitrogen and oxygen atoms in total. The molecule has 0 bridgehead atoms. The number of ether oxygens (including phenoxy) is 1. The number of carbonyl (C=O) groups is 1. The van der Waals surface area contributed by atoms with Crippen molar-refractivity contribution < 1.29 is 103 Å². The zero-order valence-electron chi connectivity index (χ0n) is 20.6. The van der Waals surface area contributed by atoms with Crippen molar-refractivity contribution in [2.24, 2.45) is 0 Å². The molecule has 0 unspecified atom stereocenters. The second-order valence-electron chi connectivity index (χ2n) is 7.12. The van der Waals surface area contributed by atoms with Gasteiger partial charge < -0.3 is 19.2 Å². The summed E-state index contributed by atoms with van der Waals surface area (Å²) in [5.74, 6) is -0.597. The second-order valence-corrected chi connectivity index (χ2v) is 11.7. The summed E-state index contributed by atoms with van der Waals surface area (Å²) in [5.41, 5.74) is -0.556. The maximum atomic E-state index is 12.0. The minimum Gasteiger partial charge on any atom is -0.744 e. The van der Waals surface area contributed by atoms with Gasteiger partial charge in [0.2, 0.25) is 5.91 Å². The summed E-state index contributed by atoms with van der Waals surface area (Å²) in [6.45, 7) is -0.311. The number of nitrogens with zero attached hydrogens (tertiary/aromatic N) is 1. The van der Waals surface area contributed by atoms with Crippen LogP contribution in [-0.4, -0.2) is 72.4 Å². The first-order valence-corrected chi connectivity index (χ1v) is 13.7. The standard InChI is InChI=1S/C19H23N3O10S3.2Na/c1-22(2)35(30,31)21-16-9-7-14(18(11-16)34(27,28)29)5-4-13-6-8-15(20-19(23)12-32-3)10-17(13)33(24,25)26;;/h4-11,21H,12H2,1-3H3,(H,20,23)(H,24,25,26)(H,27,28,29);;/q;2*+1/p-2/b5-4+;;. The van der Waals surface area contributed by atoms with Crippen LogP contribution in [0.4, 0.5) is 11.4 Å². The van der Waals surface area contributed by atoms with Crippen LogP contribution in [-0.2, 0) is 40.0 Å². The van der Waals surface area contributed by atoms with Crippen LogP contribution in [0.5, 0.6) is 0 Å². The molecular formula is C19H21N3Na2O10S3. The van der Waals surface area contributed by atoms with Crippen LogP contribution in [0.3, 0.4) is 0 Å². The number of carbonyl (C=O) groups excluding carboxylic acids is 1. The van der Waals surface area contributed by atoms with E-state index in [2.05, 4.69) is 14.8 Å². The van der Waals surface area contributed by atoms with Crippen LogP contribution < -0.4 is 69.2 Å². The van der Waals surface area contributed by atoms with Crippen molar-refractivity contribution in [3.8, 4) is 0 Å². The Morgan fingerprint density at radius 3 is 1.70 bits per heavy atom. The van der Waals surface area contributed by atoms with Gasteiger partial charge in [-0.3, -0.25) is 9.52 Å². The fourth-order valence-electron chi connectivity index (χ4n) is 2.67. The minimum atomic E-state index is -5.09. The Hall–Kier alpha value is -0.860. The van der Waals surface area contributed by atoms with Crippen molar-refractivity contribution in [1.82, 2.24) is 4.31 Å². The van der Waals surface area contributed by atoms with Crippen molar-refractivity contribution in [2.75, 3.05) is 37.9 Å². The SMILES string of the molecule is COCC(=O)Nc1ccc(/C=C/c2ccc(NS(=O)(=O)N(C)C)cc2S(=O)(=O)[O-])c(S(=O)(=O)[O-])c1.[Na+].[Na+]. The van der Waals surface area contributed by atoms with Gasteiger partial charge in [-0.15, -0.1) is 0 Å². The van der Waals surface area contributed by atoms with E-state index in [0.29, 0.717) is 0 Å². The zero-order valence-corrected chi connectivity index (χ0v) is 27.0. The van der Waals surface area contributed by atoms with E-state index in [1.165, 1.54) is 39.4 Å². The van der Waals surface area contributed by atoms with E-state index < -0.39 is 46.1 Å². The Labute approximate surface area is 259 Å². The van der Waals surface area contributed by atoms with Gasteiger partial charge in [0.05, 0.1) is 15.5 Å². The van der Waals surface area contributed by atoms with Crippen molar-refractivity contribution in [3.63, 3.8) is 0 Å². The first-order chi connectivity index (χ1) is 16.0. The van der Waals surface area contributed by atoms with Crippen molar-refractivity contribution >= 4 is 59.9 Å². The van der Waals surface area contributed by atoms with Gasteiger partial charge in [-0.1, -0.05) is 24.3 Å². The summed E-state index contributed by atoms with van der Waals surface area (Å²) in [5, 5.41) is 2.35. The Bertz CT molecular complexity index is 1480. The number of rotatable bonds is 10. The molecule has 0 saturated carbocycles. The Morgan fingerprint density at radius 1 is 0.865 bits per heavy atom. The van der Waals surface area contributed by atoms with E-state index in [9.17, 15) is 39.2 Å². The molecule has 0 aliphatic heterocycles. The van der Waals surface area contributed by atoms with E-state index in [4.69, 9.17) is 0 Å². The summed E-state index contributed by atoms with van der Waals surface area (Å²) in [4.78, 5) is 10.1. The number of methoxy groups -OCH3 is 1. The largest absolute Gasteiger partial charge is 1.00 e. The normalized spacial score (nSPS) is 12.1. The maximum Gasteiger partial charge on any atom is 1.00 e. The van der Waals surface area contributed by atoms with Gasteiger partial charge in [0.1, 0.15) is 26.8 Å².